The quantitative estimate of drug-likeness (QED) is 0.806. The molecule has 0 bridgehead atoms. The molecule has 0 N–H and O–H groups in total. The third kappa shape index (κ3) is 2.82. The van der Waals surface area contributed by atoms with Gasteiger partial charge in [0, 0.05) is 32.2 Å². The minimum absolute atomic E-state index is 0.0283. The third-order valence-electron chi connectivity index (χ3n) is 4.21. The summed E-state index contributed by atoms with van der Waals surface area (Å²) in [5.41, 5.74) is 1.23. The molecule has 3 rings (SSSR count). The van der Waals surface area contributed by atoms with Crippen molar-refractivity contribution in [3.63, 3.8) is 0 Å². The minimum Gasteiger partial charge on any atom is -0.382 e. The van der Waals surface area contributed by atoms with Gasteiger partial charge < -0.3 is 18.8 Å². The van der Waals surface area contributed by atoms with Crippen LogP contribution in [0, 0.1) is 11.6 Å². The maximum Gasteiger partial charge on any atom is 0.137 e. The Morgan fingerprint density at radius 3 is 2.86 bits per heavy atom. The molecule has 0 aliphatic carbocycles. The highest BCUT2D eigenvalue weighted by Gasteiger charge is 2.36. The molecule has 22 heavy (non-hydrogen) atoms. The average molecular weight is 319 g/mol. The molecule has 2 aromatic rings. The van der Waals surface area contributed by atoms with E-state index in [1.54, 1.807) is 14.2 Å². The number of aromatic nitrogens is 1. The van der Waals surface area contributed by atoms with Crippen molar-refractivity contribution in [2.45, 2.75) is 31.8 Å². The number of hydrogen-bond acceptors (Lipinski definition) is 4. The van der Waals surface area contributed by atoms with E-state index in [4.69, 9.17) is 26.4 Å². The van der Waals surface area contributed by atoms with Gasteiger partial charge in [-0.2, -0.15) is 0 Å². The van der Waals surface area contributed by atoms with Gasteiger partial charge >= 0.3 is 0 Å². The summed E-state index contributed by atoms with van der Waals surface area (Å²) in [5.74, 6) is 0. The summed E-state index contributed by atoms with van der Waals surface area (Å²) >= 11 is 5.66. The summed E-state index contributed by atoms with van der Waals surface area (Å²) < 4.78 is 19.6. The van der Waals surface area contributed by atoms with Crippen molar-refractivity contribution in [1.82, 2.24) is 4.57 Å². The molecule has 1 saturated heterocycles. The second-order valence-electron chi connectivity index (χ2n) is 5.71. The number of nitrogens with zero attached hydrogens (tertiary/aromatic N) is 1. The number of rotatable bonds is 4. The molecule has 0 saturated carbocycles. The monoisotopic (exact) mass is 319 g/mol. The van der Waals surface area contributed by atoms with Gasteiger partial charge in [-0.3, -0.25) is 0 Å². The fourth-order valence-corrected chi connectivity index (χ4v) is 3.41. The molecule has 4 nitrogen and oxygen atoms in total. The van der Waals surface area contributed by atoms with Gasteiger partial charge in [0.1, 0.15) is 17.0 Å². The maximum absolute atomic E-state index is 6.09. The lowest BCUT2D eigenvalue weighted by Gasteiger charge is -2.17. The molecular weight excluding hydrogens is 298 g/mol. The van der Waals surface area contributed by atoms with Gasteiger partial charge in [0.05, 0.1) is 12.7 Å². The molecule has 1 fully saturated rings. The average Bonchev–Trinajstić information content (AvgIpc) is 2.90. The second-order valence-corrected chi connectivity index (χ2v) is 6.10. The van der Waals surface area contributed by atoms with Crippen LogP contribution in [-0.2, 0) is 14.2 Å². The molecule has 1 aliphatic rings. The Hall–Kier alpha value is -1.27. The minimum atomic E-state index is -0.108. The number of methoxy groups -OCH3 is 2. The lowest BCUT2D eigenvalue weighted by molar-refractivity contribution is -0.0609. The first-order chi connectivity index (χ1) is 10.6. The summed E-state index contributed by atoms with van der Waals surface area (Å²) in [4.78, 5) is 0. The van der Waals surface area contributed by atoms with Crippen LogP contribution >= 0.6 is 12.2 Å². The van der Waals surface area contributed by atoms with E-state index in [2.05, 4.69) is 31.2 Å². The van der Waals surface area contributed by atoms with Crippen molar-refractivity contribution in [3.8, 4) is 0 Å². The van der Waals surface area contributed by atoms with Crippen LogP contribution in [0.4, 0.5) is 0 Å². The van der Waals surface area contributed by atoms with Crippen molar-refractivity contribution in [1.29, 1.82) is 0 Å². The van der Waals surface area contributed by atoms with Crippen LogP contribution in [0.5, 0.6) is 0 Å². The molecule has 1 aromatic heterocycles. The van der Waals surface area contributed by atoms with E-state index < -0.39 is 0 Å². The predicted octanol–water partition coefficient (Wildman–Crippen LogP) is 3.63. The highest BCUT2D eigenvalue weighted by atomic mass is 32.1. The lowest BCUT2D eigenvalue weighted by Crippen LogP contribution is -2.27. The Labute approximate surface area is 135 Å². The SMILES string of the molecule is COC[C@H]1O[C@@H](n2ccc3cc(C)ccc3c2=S)C[C@H]1OC. The van der Waals surface area contributed by atoms with E-state index in [1.165, 1.54) is 5.56 Å². The third-order valence-corrected chi connectivity index (χ3v) is 4.64. The van der Waals surface area contributed by atoms with Crippen molar-refractivity contribution >= 4 is 23.0 Å². The van der Waals surface area contributed by atoms with Crippen LogP contribution in [-0.4, -0.2) is 37.6 Å². The summed E-state index contributed by atoms with van der Waals surface area (Å²) in [6, 6.07) is 8.41. The number of benzene rings is 1. The van der Waals surface area contributed by atoms with E-state index in [0.717, 1.165) is 21.8 Å². The number of pyridine rings is 1. The van der Waals surface area contributed by atoms with Crippen molar-refractivity contribution in [2.24, 2.45) is 0 Å². The van der Waals surface area contributed by atoms with Crippen LogP contribution in [0.25, 0.3) is 10.8 Å². The Morgan fingerprint density at radius 1 is 1.32 bits per heavy atom. The summed E-state index contributed by atoms with van der Waals surface area (Å²) in [6.07, 6.45) is 2.65. The smallest absolute Gasteiger partial charge is 0.137 e. The standard InChI is InChI=1S/C17H21NO3S/c1-11-4-5-13-12(8-11)6-7-18(17(13)22)16-9-14(20-3)15(21-16)10-19-2/h4-8,14-16H,9-10H2,1-3H3/t14-,15-,16-/m1/s1. The molecule has 5 heteroatoms. The van der Waals surface area contributed by atoms with Gasteiger partial charge in [-0.15, -0.1) is 0 Å². The zero-order valence-electron chi connectivity index (χ0n) is 13.1. The molecule has 1 aliphatic heterocycles. The van der Waals surface area contributed by atoms with Gasteiger partial charge in [0.25, 0.3) is 0 Å². The van der Waals surface area contributed by atoms with Crippen molar-refractivity contribution in [3.05, 3.63) is 40.7 Å². The lowest BCUT2D eigenvalue weighted by atomic mass is 10.1. The summed E-state index contributed by atoms with van der Waals surface area (Å²) in [6.45, 7) is 2.61. The molecule has 1 aromatic carbocycles. The summed E-state index contributed by atoms with van der Waals surface area (Å²) in [5, 5.41) is 2.24. The van der Waals surface area contributed by atoms with Gasteiger partial charge in [-0.25, -0.2) is 0 Å². The Bertz CT molecular complexity index is 727. The van der Waals surface area contributed by atoms with Gasteiger partial charge in [-0.1, -0.05) is 36.0 Å². The summed E-state index contributed by atoms with van der Waals surface area (Å²) in [7, 11) is 3.38. The Kier molecular flexibility index (Phi) is 4.59. The number of fused-ring (bicyclic) bond motifs is 1. The van der Waals surface area contributed by atoms with Crippen LogP contribution in [0.15, 0.2) is 30.5 Å². The first kappa shape index (κ1) is 15.6. The first-order valence-corrected chi connectivity index (χ1v) is 7.83. The molecule has 0 unspecified atom stereocenters. The van der Waals surface area contributed by atoms with E-state index >= 15 is 0 Å². The highest BCUT2D eigenvalue weighted by molar-refractivity contribution is 7.71. The number of ether oxygens (including phenoxy) is 3. The molecule has 3 atom stereocenters. The fraction of sp³-hybridized carbons (Fsp3) is 0.471. The van der Waals surface area contributed by atoms with Crippen LogP contribution in [0.1, 0.15) is 18.2 Å². The van der Waals surface area contributed by atoms with E-state index in [1.807, 2.05) is 10.8 Å². The zero-order chi connectivity index (χ0) is 15.7. The van der Waals surface area contributed by atoms with Gasteiger partial charge in [0.15, 0.2) is 0 Å². The van der Waals surface area contributed by atoms with Crippen LogP contribution < -0.4 is 0 Å². The molecule has 118 valence electrons. The van der Waals surface area contributed by atoms with Crippen molar-refractivity contribution < 1.29 is 14.2 Å². The molecule has 0 spiro atoms. The highest BCUT2D eigenvalue weighted by Crippen LogP contribution is 2.32. The van der Waals surface area contributed by atoms with Crippen molar-refractivity contribution in [2.75, 3.05) is 20.8 Å². The molecule has 0 radical (unpaired) electrons. The zero-order valence-corrected chi connectivity index (χ0v) is 13.9. The maximum atomic E-state index is 6.09. The Balaban J connectivity index is 1.96. The fourth-order valence-electron chi connectivity index (χ4n) is 3.04. The van der Waals surface area contributed by atoms with Crippen LogP contribution in [0.3, 0.4) is 0 Å². The molecule has 2 heterocycles. The second kappa shape index (κ2) is 6.46. The van der Waals surface area contributed by atoms with Gasteiger partial charge in [0.2, 0.25) is 0 Å². The van der Waals surface area contributed by atoms with E-state index in [0.29, 0.717) is 6.61 Å². The first-order valence-electron chi connectivity index (χ1n) is 7.42. The Morgan fingerprint density at radius 2 is 2.14 bits per heavy atom. The normalized spacial score (nSPS) is 25.0. The number of hydrogen-bond donors (Lipinski definition) is 0. The van der Waals surface area contributed by atoms with E-state index in [-0.39, 0.29) is 18.4 Å². The number of aryl methyl sites for hydroxylation is 1. The predicted molar refractivity (Wildman–Crippen MR) is 88.7 cm³/mol. The van der Waals surface area contributed by atoms with Crippen LogP contribution in [0.2, 0.25) is 0 Å². The van der Waals surface area contributed by atoms with Gasteiger partial charge in [-0.05, 0) is 18.4 Å². The largest absolute Gasteiger partial charge is 0.382 e. The van der Waals surface area contributed by atoms with E-state index in [9.17, 15) is 0 Å². The molecular formula is C17H21NO3S. The molecule has 0 amide bonds. The topological polar surface area (TPSA) is 32.6 Å².